The Labute approximate surface area is 209 Å². The Morgan fingerprint density at radius 1 is 1.27 bits per heavy atom. The van der Waals surface area contributed by atoms with Gasteiger partial charge in [0, 0.05) is 37.7 Å². The van der Waals surface area contributed by atoms with Gasteiger partial charge < -0.3 is 18.4 Å². The molecule has 0 bridgehead atoms. The van der Waals surface area contributed by atoms with E-state index in [9.17, 15) is 13.6 Å². The van der Waals surface area contributed by atoms with E-state index in [-0.39, 0.29) is 40.9 Å². The van der Waals surface area contributed by atoms with Crippen LogP contribution in [0.5, 0.6) is 0 Å². The normalized spacial score (nSPS) is 20.8. The zero-order chi connectivity index (χ0) is 20.8. The predicted molar refractivity (Wildman–Crippen MR) is 120 cm³/mol. The second kappa shape index (κ2) is 12.5. The summed E-state index contributed by atoms with van der Waals surface area (Å²) < 4.78 is 30.7. The third kappa shape index (κ3) is 7.01. The van der Waals surface area contributed by atoms with Crippen LogP contribution in [-0.4, -0.2) is 71.8 Å². The molecule has 1 saturated heterocycles. The van der Waals surface area contributed by atoms with Crippen molar-refractivity contribution in [3.05, 3.63) is 44.6 Å². The number of thioether (sulfide) groups is 2. The quantitative estimate of drug-likeness (QED) is 0.235. The Hall–Kier alpha value is -0.490. The second-order valence-corrected chi connectivity index (χ2v) is 9.92. The molecule has 158 valence electrons. The van der Waals surface area contributed by atoms with Crippen molar-refractivity contribution >= 4 is 51.8 Å². The monoisotopic (exact) mass is 478 g/mol. The van der Waals surface area contributed by atoms with E-state index < -0.39 is 11.1 Å². The number of oxazole rings is 1. The molecule has 0 saturated carbocycles. The minimum absolute atomic E-state index is 0. The Morgan fingerprint density at radius 3 is 2.77 bits per heavy atom. The fourth-order valence-electron chi connectivity index (χ4n) is 3.05. The second-order valence-electron chi connectivity index (χ2n) is 6.67. The van der Waals surface area contributed by atoms with Gasteiger partial charge in [-0.2, -0.15) is 0 Å². The Bertz CT molecular complexity index is 1040. The Morgan fingerprint density at radius 2 is 2.07 bits per heavy atom. The van der Waals surface area contributed by atoms with Crippen LogP contribution in [0.15, 0.2) is 32.5 Å². The van der Waals surface area contributed by atoms with Gasteiger partial charge in [-0.25, -0.2) is 9.37 Å². The molecule has 1 aromatic rings. The molecule has 11 heteroatoms. The minimum atomic E-state index is -2.00. The third-order valence-corrected chi connectivity index (χ3v) is 7.50. The van der Waals surface area contributed by atoms with E-state index in [0.717, 1.165) is 29.6 Å². The number of hydrogen-bond donors (Lipinski definition) is 0. The molecule has 3 rings (SSSR count). The van der Waals surface area contributed by atoms with Gasteiger partial charge in [0.2, 0.25) is 10.6 Å². The van der Waals surface area contributed by atoms with Crippen molar-refractivity contribution in [1.82, 2.24) is 9.47 Å². The summed E-state index contributed by atoms with van der Waals surface area (Å²) in [5.41, 5.74) is 0.122. The summed E-state index contributed by atoms with van der Waals surface area (Å²) in [5.74, 6) is 2.21. The molecule has 0 aromatic carbocycles. The molecule has 1 atom stereocenters. The van der Waals surface area contributed by atoms with Crippen molar-refractivity contribution in [2.24, 2.45) is 7.05 Å². The molecule has 0 aliphatic carbocycles. The zero-order valence-electron chi connectivity index (χ0n) is 17.5. The Balaban J connectivity index is 0.00000320. The van der Waals surface area contributed by atoms with Crippen LogP contribution >= 0.6 is 23.5 Å². The fourth-order valence-corrected chi connectivity index (χ4v) is 5.53. The number of hydrogen-bond acceptors (Lipinski definition) is 7. The van der Waals surface area contributed by atoms with E-state index in [4.69, 9.17) is 4.42 Å². The smallest absolute Gasteiger partial charge is 0.772 e. The van der Waals surface area contributed by atoms with E-state index in [1.165, 1.54) is 5.04 Å². The molecular formula is C19H25N3NaO4S3+. The maximum Gasteiger partial charge on any atom is 1.00 e. The van der Waals surface area contributed by atoms with Gasteiger partial charge in [0.25, 0.3) is 0 Å². The molecule has 0 N–H and O–H groups in total. The number of rotatable bonds is 7. The van der Waals surface area contributed by atoms with Gasteiger partial charge in [0.05, 0.1) is 10.8 Å². The van der Waals surface area contributed by atoms with Crippen molar-refractivity contribution in [1.29, 1.82) is 0 Å². The van der Waals surface area contributed by atoms with Crippen molar-refractivity contribution in [2.45, 2.75) is 6.42 Å². The largest absolute Gasteiger partial charge is 1.00 e. The molecule has 2 aliphatic heterocycles. The number of nitrogens with zero attached hydrogens (tertiary/aromatic N) is 3. The van der Waals surface area contributed by atoms with E-state index in [0.29, 0.717) is 23.9 Å². The molecule has 1 aromatic heterocycles. The number of allylic oxidation sites excluding steroid dienone is 2. The van der Waals surface area contributed by atoms with Crippen LogP contribution in [0.2, 0.25) is 0 Å². The van der Waals surface area contributed by atoms with Crippen molar-refractivity contribution in [3.8, 4) is 0 Å². The van der Waals surface area contributed by atoms with Gasteiger partial charge in [-0.05, 0) is 30.7 Å². The molecule has 1 fully saturated rings. The molecule has 1 unspecified atom stereocenters. The van der Waals surface area contributed by atoms with Crippen LogP contribution in [0, 0.1) is 0 Å². The summed E-state index contributed by atoms with van der Waals surface area (Å²) >= 11 is 1.51. The SMILES string of the molecule is Cn1c(=CC=CC2=[N+](C)CCS2)oc(=O)c1=CC=C1SCCN1CCCS(=O)[O-].[Na+]. The van der Waals surface area contributed by atoms with Crippen LogP contribution in [0.1, 0.15) is 6.42 Å². The first kappa shape index (κ1) is 25.8. The van der Waals surface area contributed by atoms with Crippen molar-refractivity contribution in [2.75, 3.05) is 43.9 Å². The fraction of sp³-hybridized carbons (Fsp3) is 0.474. The average molecular weight is 479 g/mol. The van der Waals surface area contributed by atoms with Crippen LogP contribution in [-0.2, 0) is 18.1 Å². The van der Waals surface area contributed by atoms with Gasteiger partial charge in [-0.15, -0.1) is 11.8 Å². The van der Waals surface area contributed by atoms with E-state index >= 15 is 0 Å². The molecule has 0 amide bonds. The van der Waals surface area contributed by atoms with Gasteiger partial charge in [-0.1, -0.05) is 22.8 Å². The standard InChI is InChI=1S/C19H25N3O4S3.Na/c1-20-10-12-27-17(20)6-3-5-16-21(2)15(19(23)26-16)7-8-18-22(11-13-28-18)9-4-14-29(24)25;/h3,5-8H,4,9-14H2,1-2H3;/q;+1. The minimum Gasteiger partial charge on any atom is -0.772 e. The summed E-state index contributed by atoms with van der Waals surface area (Å²) in [6.07, 6.45) is 10.0. The van der Waals surface area contributed by atoms with Gasteiger partial charge in [0.1, 0.15) is 12.4 Å². The van der Waals surface area contributed by atoms with Gasteiger partial charge in [-0.3, -0.25) is 4.21 Å². The van der Waals surface area contributed by atoms with Crippen molar-refractivity contribution in [3.63, 3.8) is 0 Å². The molecule has 0 radical (unpaired) electrons. The maximum atomic E-state index is 12.3. The first-order valence-corrected chi connectivity index (χ1v) is 12.6. The molecule has 2 aliphatic rings. The van der Waals surface area contributed by atoms with E-state index in [1.54, 1.807) is 28.5 Å². The van der Waals surface area contributed by atoms with Gasteiger partial charge >= 0.3 is 35.2 Å². The van der Waals surface area contributed by atoms with Crippen LogP contribution in [0.25, 0.3) is 12.2 Å². The summed E-state index contributed by atoms with van der Waals surface area (Å²) in [7, 11) is 3.87. The van der Waals surface area contributed by atoms with Gasteiger partial charge in [0.15, 0.2) is 6.54 Å². The maximum absolute atomic E-state index is 12.3. The molecular weight excluding hydrogens is 453 g/mol. The predicted octanol–water partition coefficient (Wildman–Crippen LogP) is -2.95. The Kier molecular flexibility index (Phi) is 10.8. The van der Waals surface area contributed by atoms with E-state index in [1.807, 2.05) is 37.0 Å². The topological polar surface area (TPSA) is 81.5 Å². The summed E-state index contributed by atoms with van der Waals surface area (Å²) in [6.45, 7) is 2.62. The van der Waals surface area contributed by atoms with Crippen LogP contribution in [0.4, 0.5) is 0 Å². The zero-order valence-corrected chi connectivity index (χ0v) is 22.0. The molecule has 30 heavy (non-hydrogen) atoms. The number of aromatic nitrogens is 1. The molecule has 0 spiro atoms. The van der Waals surface area contributed by atoms with Crippen LogP contribution in [0.3, 0.4) is 0 Å². The van der Waals surface area contributed by atoms with E-state index in [2.05, 4.69) is 16.5 Å². The average Bonchev–Trinajstić information content (AvgIpc) is 3.35. The first-order chi connectivity index (χ1) is 14.0. The molecule has 7 nitrogen and oxygen atoms in total. The third-order valence-electron chi connectivity index (χ3n) is 4.67. The first-order valence-electron chi connectivity index (χ1n) is 9.36. The summed E-state index contributed by atoms with van der Waals surface area (Å²) in [6, 6.07) is 0. The summed E-state index contributed by atoms with van der Waals surface area (Å²) in [5, 5.41) is 2.73. The van der Waals surface area contributed by atoms with Crippen molar-refractivity contribution < 1.29 is 47.3 Å². The molecule has 3 heterocycles. The summed E-state index contributed by atoms with van der Waals surface area (Å²) in [4.78, 5) is 14.4. The van der Waals surface area contributed by atoms with Crippen LogP contribution < -0.4 is 46.1 Å².